The van der Waals surface area contributed by atoms with E-state index < -0.39 is 0 Å². The Morgan fingerprint density at radius 1 is 1.33 bits per heavy atom. The van der Waals surface area contributed by atoms with E-state index in [9.17, 15) is 0 Å². The summed E-state index contributed by atoms with van der Waals surface area (Å²) in [5.41, 5.74) is 8.78. The van der Waals surface area contributed by atoms with E-state index in [0.29, 0.717) is 5.92 Å². The van der Waals surface area contributed by atoms with Gasteiger partial charge in [-0.15, -0.1) is 0 Å². The molecule has 0 aliphatic carbocycles. The van der Waals surface area contributed by atoms with Crippen LogP contribution in [0.3, 0.4) is 0 Å². The molecular formula is C14H23N. The Hall–Kier alpha value is -0.820. The van der Waals surface area contributed by atoms with E-state index >= 15 is 0 Å². The van der Waals surface area contributed by atoms with Crippen molar-refractivity contribution in [1.29, 1.82) is 0 Å². The van der Waals surface area contributed by atoms with Crippen LogP contribution in [0.25, 0.3) is 0 Å². The molecule has 1 heteroatoms. The first-order chi connectivity index (χ1) is 6.98. The van der Waals surface area contributed by atoms with Crippen molar-refractivity contribution in [1.82, 2.24) is 0 Å². The minimum Gasteiger partial charge on any atom is -0.321 e. The summed E-state index contributed by atoms with van der Waals surface area (Å²) in [6.07, 6.45) is 2.33. The van der Waals surface area contributed by atoms with Gasteiger partial charge in [0.25, 0.3) is 0 Å². The van der Waals surface area contributed by atoms with Gasteiger partial charge in [-0.3, -0.25) is 0 Å². The number of hydrogen-bond acceptors (Lipinski definition) is 1. The predicted molar refractivity (Wildman–Crippen MR) is 66.8 cm³/mol. The smallest absolute Gasteiger partial charge is 0.0404 e. The molecule has 1 unspecified atom stereocenters. The molecule has 0 heterocycles. The zero-order valence-electron chi connectivity index (χ0n) is 10.4. The summed E-state index contributed by atoms with van der Waals surface area (Å²) < 4.78 is 0. The van der Waals surface area contributed by atoms with Crippen LogP contribution < -0.4 is 5.73 Å². The highest BCUT2D eigenvalue weighted by Crippen LogP contribution is 2.26. The maximum Gasteiger partial charge on any atom is 0.0404 e. The van der Waals surface area contributed by atoms with E-state index in [1.54, 1.807) is 0 Å². The average molecular weight is 205 g/mol. The van der Waals surface area contributed by atoms with Crippen LogP contribution in [0.1, 0.15) is 45.2 Å². The Balaban J connectivity index is 2.99. The maximum absolute atomic E-state index is 6.35. The number of nitrogens with two attached hydrogens (primary N) is 1. The first-order valence-corrected chi connectivity index (χ1v) is 5.86. The fraction of sp³-hybridized carbons (Fsp3) is 0.571. The van der Waals surface area contributed by atoms with Gasteiger partial charge in [0.15, 0.2) is 0 Å². The number of rotatable bonds is 4. The molecule has 2 N–H and O–H groups in total. The molecule has 1 aromatic rings. The highest BCUT2D eigenvalue weighted by atomic mass is 14.7. The molecule has 1 rings (SSSR count). The molecule has 0 aliphatic rings. The summed E-state index contributed by atoms with van der Waals surface area (Å²) in [5, 5.41) is 0. The van der Waals surface area contributed by atoms with Gasteiger partial charge in [0.2, 0.25) is 0 Å². The van der Waals surface area contributed by atoms with E-state index in [1.807, 2.05) is 0 Å². The first-order valence-electron chi connectivity index (χ1n) is 5.86. The molecule has 0 radical (unpaired) electrons. The second-order valence-electron chi connectivity index (χ2n) is 4.89. The highest BCUT2D eigenvalue weighted by molar-refractivity contribution is 5.29. The van der Waals surface area contributed by atoms with Crippen molar-refractivity contribution >= 4 is 0 Å². The lowest BCUT2D eigenvalue weighted by molar-refractivity contribution is 0.350. The topological polar surface area (TPSA) is 26.0 Å². The van der Waals surface area contributed by atoms with Crippen molar-refractivity contribution in [2.75, 3.05) is 0 Å². The Morgan fingerprint density at radius 3 is 2.53 bits per heavy atom. The second-order valence-corrected chi connectivity index (χ2v) is 4.89. The molecule has 0 fully saturated rings. The van der Waals surface area contributed by atoms with Crippen molar-refractivity contribution in [3.05, 3.63) is 35.4 Å². The Morgan fingerprint density at radius 2 is 2.00 bits per heavy atom. The standard InChI is InChI=1S/C14H23N/c1-5-7-12-8-6-9-13(10-12)14(4,15)11(2)3/h6,8-11H,5,7,15H2,1-4H3. The second kappa shape index (κ2) is 4.80. The van der Waals surface area contributed by atoms with Crippen LogP contribution in [0.15, 0.2) is 24.3 Å². The lowest BCUT2D eigenvalue weighted by atomic mass is 9.82. The average Bonchev–Trinajstić information content (AvgIpc) is 2.18. The third-order valence-corrected chi connectivity index (χ3v) is 3.29. The molecule has 1 aromatic carbocycles. The molecule has 0 saturated carbocycles. The lowest BCUT2D eigenvalue weighted by Crippen LogP contribution is -2.38. The lowest BCUT2D eigenvalue weighted by Gasteiger charge is -2.30. The van der Waals surface area contributed by atoms with Crippen LogP contribution in [0, 0.1) is 5.92 Å². The molecule has 15 heavy (non-hydrogen) atoms. The maximum atomic E-state index is 6.35. The van der Waals surface area contributed by atoms with Gasteiger partial charge in [0.05, 0.1) is 0 Å². The molecular weight excluding hydrogens is 182 g/mol. The predicted octanol–water partition coefficient (Wildman–Crippen LogP) is 3.47. The molecule has 0 aliphatic heterocycles. The van der Waals surface area contributed by atoms with Crippen molar-refractivity contribution in [3.63, 3.8) is 0 Å². The van der Waals surface area contributed by atoms with Crippen LogP contribution >= 0.6 is 0 Å². The molecule has 0 saturated heterocycles. The van der Waals surface area contributed by atoms with Crippen LogP contribution in [0.4, 0.5) is 0 Å². The summed E-state index contributed by atoms with van der Waals surface area (Å²) in [5.74, 6) is 0.453. The number of benzene rings is 1. The summed E-state index contributed by atoms with van der Waals surface area (Å²) in [6.45, 7) is 8.67. The number of aryl methyl sites for hydroxylation is 1. The highest BCUT2D eigenvalue weighted by Gasteiger charge is 2.25. The monoisotopic (exact) mass is 205 g/mol. The zero-order chi connectivity index (χ0) is 11.5. The third-order valence-electron chi connectivity index (χ3n) is 3.29. The van der Waals surface area contributed by atoms with Gasteiger partial charge in [-0.25, -0.2) is 0 Å². The quantitative estimate of drug-likeness (QED) is 0.800. The van der Waals surface area contributed by atoms with Gasteiger partial charge >= 0.3 is 0 Å². The van der Waals surface area contributed by atoms with E-state index in [1.165, 1.54) is 17.5 Å². The minimum absolute atomic E-state index is 0.219. The molecule has 1 atom stereocenters. The molecule has 84 valence electrons. The van der Waals surface area contributed by atoms with Crippen molar-refractivity contribution in [3.8, 4) is 0 Å². The summed E-state index contributed by atoms with van der Waals surface area (Å²) in [4.78, 5) is 0. The molecule has 0 spiro atoms. The Labute approximate surface area is 93.7 Å². The van der Waals surface area contributed by atoms with Gasteiger partial charge in [-0.1, -0.05) is 51.5 Å². The SMILES string of the molecule is CCCc1cccc(C(C)(N)C(C)C)c1. The van der Waals surface area contributed by atoms with Crippen LogP contribution in [-0.2, 0) is 12.0 Å². The van der Waals surface area contributed by atoms with Crippen LogP contribution in [-0.4, -0.2) is 0 Å². The fourth-order valence-corrected chi connectivity index (χ4v) is 1.68. The van der Waals surface area contributed by atoms with Crippen molar-refractivity contribution < 1.29 is 0 Å². The molecule has 0 bridgehead atoms. The van der Waals surface area contributed by atoms with Gasteiger partial charge in [0.1, 0.15) is 0 Å². The van der Waals surface area contributed by atoms with Crippen molar-refractivity contribution in [2.24, 2.45) is 11.7 Å². The third kappa shape index (κ3) is 2.82. The minimum atomic E-state index is -0.219. The summed E-state index contributed by atoms with van der Waals surface area (Å²) in [6, 6.07) is 8.69. The molecule has 1 nitrogen and oxygen atoms in total. The molecule has 0 amide bonds. The van der Waals surface area contributed by atoms with E-state index in [0.717, 1.165) is 6.42 Å². The van der Waals surface area contributed by atoms with Crippen LogP contribution in [0.2, 0.25) is 0 Å². The van der Waals surface area contributed by atoms with E-state index in [4.69, 9.17) is 5.73 Å². The first kappa shape index (κ1) is 12.3. The molecule has 0 aromatic heterocycles. The van der Waals surface area contributed by atoms with Gasteiger partial charge in [-0.2, -0.15) is 0 Å². The van der Waals surface area contributed by atoms with Crippen molar-refractivity contribution in [2.45, 2.75) is 46.1 Å². The normalized spacial score (nSPS) is 15.3. The van der Waals surface area contributed by atoms with E-state index in [2.05, 4.69) is 52.0 Å². The Kier molecular flexibility index (Phi) is 3.92. The largest absolute Gasteiger partial charge is 0.321 e. The summed E-state index contributed by atoms with van der Waals surface area (Å²) >= 11 is 0. The van der Waals surface area contributed by atoms with Crippen LogP contribution in [0.5, 0.6) is 0 Å². The fourth-order valence-electron chi connectivity index (χ4n) is 1.68. The van der Waals surface area contributed by atoms with Gasteiger partial charge in [0, 0.05) is 5.54 Å². The van der Waals surface area contributed by atoms with E-state index in [-0.39, 0.29) is 5.54 Å². The Bertz CT molecular complexity index is 313. The van der Waals surface area contributed by atoms with Gasteiger partial charge in [-0.05, 0) is 30.4 Å². The summed E-state index contributed by atoms with van der Waals surface area (Å²) in [7, 11) is 0. The number of hydrogen-bond donors (Lipinski definition) is 1. The van der Waals surface area contributed by atoms with Gasteiger partial charge < -0.3 is 5.73 Å². The zero-order valence-corrected chi connectivity index (χ0v) is 10.4.